The van der Waals surface area contributed by atoms with Crippen molar-refractivity contribution in [3.8, 4) is 0 Å². The highest BCUT2D eigenvalue weighted by Crippen LogP contribution is 2.16. The first-order valence-electron chi connectivity index (χ1n) is 4.66. The Hall–Kier alpha value is -0.860. The second-order valence-electron chi connectivity index (χ2n) is 3.09. The Balaban J connectivity index is 2.78. The van der Waals surface area contributed by atoms with Crippen LogP contribution in [0.15, 0.2) is 24.3 Å². The van der Waals surface area contributed by atoms with Gasteiger partial charge in [-0.3, -0.25) is 0 Å². The fourth-order valence-electron chi connectivity index (χ4n) is 1.37. The van der Waals surface area contributed by atoms with Gasteiger partial charge >= 0.3 is 0 Å². The zero-order valence-electron chi connectivity index (χ0n) is 8.29. The third-order valence-corrected chi connectivity index (χ3v) is 2.00. The van der Waals surface area contributed by atoms with Crippen LogP contribution < -0.4 is 5.73 Å². The fourth-order valence-corrected chi connectivity index (χ4v) is 1.37. The molecule has 1 aromatic rings. The van der Waals surface area contributed by atoms with Gasteiger partial charge in [-0.25, -0.2) is 0 Å². The summed E-state index contributed by atoms with van der Waals surface area (Å²) in [7, 11) is 0. The van der Waals surface area contributed by atoms with Gasteiger partial charge in [0.15, 0.2) is 0 Å². The molecular formula is C11H17NO. The summed E-state index contributed by atoms with van der Waals surface area (Å²) < 4.78 is 5.51. The molecule has 1 unspecified atom stereocenters. The lowest BCUT2D eigenvalue weighted by Gasteiger charge is -2.15. The zero-order chi connectivity index (χ0) is 9.68. The highest BCUT2D eigenvalue weighted by molar-refractivity contribution is 5.24. The number of nitrogens with two attached hydrogens (primary N) is 1. The third kappa shape index (κ3) is 2.83. The summed E-state index contributed by atoms with van der Waals surface area (Å²) in [5, 5.41) is 0. The quantitative estimate of drug-likeness (QED) is 0.767. The number of aryl methyl sites for hydroxylation is 1. The van der Waals surface area contributed by atoms with Crippen molar-refractivity contribution in [3.05, 3.63) is 35.4 Å². The number of hydrogen-bond donors (Lipinski definition) is 1. The van der Waals surface area contributed by atoms with E-state index in [0.717, 1.165) is 0 Å². The van der Waals surface area contributed by atoms with Crippen molar-refractivity contribution in [2.75, 3.05) is 13.2 Å². The van der Waals surface area contributed by atoms with E-state index < -0.39 is 0 Å². The molecule has 2 N–H and O–H groups in total. The van der Waals surface area contributed by atoms with Gasteiger partial charge in [-0.05, 0) is 19.4 Å². The molecule has 0 amide bonds. The number of ether oxygens (including phenoxy) is 1. The standard InChI is InChI=1S/C11H17NO/c1-3-13-11(8-12)10-6-4-5-9(2)7-10/h4-7,11H,3,8,12H2,1-2H3. The summed E-state index contributed by atoms with van der Waals surface area (Å²) in [4.78, 5) is 0. The maximum Gasteiger partial charge on any atom is 0.0946 e. The van der Waals surface area contributed by atoms with Crippen molar-refractivity contribution in [2.45, 2.75) is 20.0 Å². The summed E-state index contributed by atoms with van der Waals surface area (Å²) in [6.45, 7) is 5.30. The van der Waals surface area contributed by atoms with Crippen LogP contribution in [0.2, 0.25) is 0 Å². The average molecular weight is 179 g/mol. The fraction of sp³-hybridized carbons (Fsp3) is 0.455. The van der Waals surface area contributed by atoms with Crippen LogP contribution in [0.1, 0.15) is 24.2 Å². The van der Waals surface area contributed by atoms with E-state index >= 15 is 0 Å². The normalized spacial score (nSPS) is 12.8. The van der Waals surface area contributed by atoms with Gasteiger partial charge in [0, 0.05) is 13.2 Å². The van der Waals surface area contributed by atoms with Crippen LogP contribution in [-0.2, 0) is 4.74 Å². The molecule has 0 aromatic heterocycles. The van der Waals surface area contributed by atoms with E-state index in [1.54, 1.807) is 0 Å². The van der Waals surface area contributed by atoms with Crippen molar-refractivity contribution >= 4 is 0 Å². The Bertz CT molecular complexity index is 260. The first-order valence-corrected chi connectivity index (χ1v) is 4.66. The van der Waals surface area contributed by atoms with Gasteiger partial charge in [0.05, 0.1) is 6.10 Å². The van der Waals surface area contributed by atoms with Crippen molar-refractivity contribution < 1.29 is 4.74 Å². The van der Waals surface area contributed by atoms with Crippen LogP contribution >= 0.6 is 0 Å². The molecule has 0 aliphatic carbocycles. The summed E-state index contributed by atoms with van der Waals surface area (Å²) in [6, 6.07) is 8.28. The lowest BCUT2D eigenvalue weighted by Crippen LogP contribution is -2.15. The minimum absolute atomic E-state index is 0.0462. The van der Waals surface area contributed by atoms with Gasteiger partial charge in [-0.2, -0.15) is 0 Å². The maximum atomic E-state index is 5.62. The third-order valence-electron chi connectivity index (χ3n) is 2.00. The lowest BCUT2D eigenvalue weighted by atomic mass is 10.1. The van der Waals surface area contributed by atoms with Crippen LogP contribution in [0.25, 0.3) is 0 Å². The van der Waals surface area contributed by atoms with Crippen LogP contribution in [0.4, 0.5) is 0 Å². The molecule has 1 rings (SSSR count). The largest absolute Gasteiger partial charge is 0.372 e. The van der Waals surface area contributed by atoms with E-state index in [-0.39, 0.29) is 6.10 Å². The lowest BCUT2D eigenvalue weighted by molar-refractivity contribution is 0.0688. The second kappa shape index (κ2) is 5.00. The first kappa shape index (κ1) is 10.2. The summed E-state index contributed by atoms with van der Waals surface area (Å²) in [5.74, 6) is 0. The van der Waals surface area contributed by atoms with Gasteiger partial charge in [-0.15, -0.1) is 0 Å². The highest BCUT2D eigenvalue weighted by atomic mass is 16.5. The molecule has 0 fully saturated rings. The summed E-state index contributed by atoms with van der Waals surface area (Å²) in [6.07, 6.45) is 0.0462. The van der Waals surface area contributed by atoms with Crippen molar-refractivity contribution in [2.24, 2.45) is 5.73 Å². The number of benzene rings is 1. The monoisotopic (exact) mass is 179 g/mol. The molecule has 1 aromatic carbocycles. The van der Waals surface area contributed by atoms with E-state index in [2.05, 4.69) is 25.1 Å². The minimum Gasteiger partial charge on any atom is -0.372 e. The smallest absolute Gasteiger partial charge is 0.0946 e. The molecular weight excluding hydrogens is 162 g/mol. The van der Waals surface area contributed by atoms with Crippen LogP contribution in [0.3, 0.4) is 0 Å². The molecule has 0 radical (unpaired) electrons. The van der Waals surface area contributed by atoms with Gasteiger partial charge in [0.2, 0.25) is 0 Å². The molecule has 0 bridgehead atoms. The zero-order valence-corrected chi connectivity index (χ0v) is 8.29. The molecule has 72 valence electrons. The molecule has 13 heavy (non-hydrogen) atoms. The summed E-state index contributed by atoms with van der Waals surface area (Å²) >= 11 is 0. The van der Waals surface area contributed by atoms with Crippen molar-refractivity contribution in [3.63, 3.8) is 0 Å². The van der Waals surface area contributed by atoms with Gasteiger partial charge in [-0.1, -0.05) is 29.8 Å². The molecule has 0 heterocycles. The Labute approximate surface area is 79.7 Å². The molecule has 0 aliphatic heterocycles. The van der Waals surface area contributed by atoms with E-state index in [9.17, 15) is 0 Å². The predicted octanol–water partition coefficient (Wildman–Crippen LogP) is 2.03. The molecule has 0 saturated heterocycles. The van der Waals surface area contributed by atoms with Gasteiger partial charge in [0.25, 0.3) is 0 Å². The maximum absolute atomic E-state index is 5.62. The Morgan fingerprint density at radius 3 is 2.77 bits per heavy atom. The molecule has 0 aliphatic rings. The number of hydrogen-bond acceptors (Lipinski definition) is 2. The van der Waals surface area contributed by atoms with Crippen LogP contribution in [0.5, 0.6) is 0 Å². The summed E-state index contributed by atoms with van der Waals surface area (Å²) in [5.41, 5.74) is 8.03. The second-order valence-corrected chi connectivity index (χ2v) is 3.09. The molecule has 0 saturated carbocycles. The van der Waals surface area contributed by atoms with Crippen LogP contribution in [0, 0.1) is 6.92 Å². The Kier molecular flexibility index (Phi) is 3.93. The minimum atomic E-state index is 0.0462. The molecule has 2 heteroatoms. The highest BCUT2D eigenvalue weighted by Gasteiger charge is 2.08. The van der Waals surface area contributed by atoms with Crippen molar-refractivity contribution in [1.29, 1.82) is 0 Å². The average Bonchev–Trinajstić information content (AvgIpc) is 2.14. The molecule has 1 atom stereocenters. The SMILES string of the molecule is CCOC(CN)c1cccc(C)c1. The predicted molar refractivity (Wildman–Crippen MR) is 54.6 cm³/mol. The Morgan fingerprint density at radius 1 is 1.46 bits per heavy atom. The van der Waals surface area contributed by atoms with Crippen molar-refractivity contribution in [1.82, 2.24) is 0 Å². The van der Waals surface area contributed by atoms with Gasteiger partial charge in [0.1, 0.15) is 0 Å². The van der Waals surface area contributed by atoms with Crippen LogP contribution in [-0.4, -0.2) is 13.2 Å². The van der Waals surface area contributed by atoms with Gasteiger partial charge < -0.3 is 10.5 Å². The van der Waals surface area contributed by atoms with E-state index in [1.165, 1.54) is 11.1 Å². The topological polar surface area (TPSA) is 35.2 Å². The molecule has 0 spiro atoms. The molecule has 2 nitrogen and oxygen atoms in total. The van der Waals surface area contributed by atoms with E-state index in [4.69, 9.17) is 10.5 Å². The first-order chi connectivity index (χ1) is 6.27. The number of rotatable bonds is 4. The Morgan fingerprint density at radius 2 is 2.23 bits per heavy atom. The van der Waals surface area contributed by atoms with E-state index in [0.29, 0.717) is 13.2 Å². The van der Waals surface area contributed by atoms with E-state index in [1.807, 2.05) is 13.0 Å².